The van der Waals surface area contributed by atoms with Crippen molar-refractivity contribution in [1.82, 2.24) is 24.1 Å². The van der Waals surface area contributed by atoms with Gasteiger partial charge in [0.1, 0.15) is 5.52 Å². The van der Waals surface area contributed by atoms with Gasteiger partial charge in [0.2, 0.25) is 0 Å². The molecule has 6 nitrogen and oxygen atoms in total. The number of nitrogens with zero attached hydrogens (tertiary/aromatic N) is 5. The lowest BCUT2D eigenvalue weighted by Gasteiger charge is -1.96. The second kappa shape index (κ2) is 10.4. The van der Waals surface area contributed by atoms with Crippen LogP contribution in [0, 0.1) is 26.6 Å². The van der Waals surface area contributed by atoms with E-state index in [9.17, 15) is 4.39 Å². The van der Waals surface area contributed by atoms with Gasteiger partial charge in [-0.3, -0.25) is 9.67 Å². The van der Waals surface area contributed by atoms with E-state index in [1.165, 1.54) is 11.5 Å². The van der Waals surface area contributed by atoms with Gasteiger partial charge < -0.3 is 10.1 Å². The molecule has 0 bridgehead atoms. The summed E-state index contributed by atoms with van der Waals surface area (Å²) in [5, 5.41) is 5.48. The molecule has 0 saturated carbocycles. The molecule has 4 heterocycles. The largest absolute Gasteiger partial charge is 0.397 e. The highest BCUT2D eigenvalue weighted by Gasteiger charge is 2.04. The van der Waals surface area contributed by atoms with Crippen LogP contribution in [-0.4, -0.2) is 24.1 Å². The van der Waals surface area contributed by atoms with Crippen LogP contribution in [0.3, 0.4) is 0 Å². The molecule has 0 aliphatic rings. The zero-order chi connectivity index (χ0) is 21.4. The molecule has 7 heteroatoms. The van der Waals surface area contributed by atoms with Gasteiger partial charge >= 0.3 is 0 Å². The van der Waals surface area contributed by atoms with E-state index >= 15 is 0 Å². The molecule has 0 spiro atoms. The van der Waals surface area contributed by atoms with Crippen LogP contribution in [-0.2, 0) is 7.05 Å². The van der Waals surface area contributed by atoms with Crippen LogP contribution in [0.4, 0.5) is 10.1 Å². The first-order chi connectivity index (χ1) is 13.3. The van der Waals surface area contributed by atoms with Crippen molar-refractivity contribution in [3.05, 3.63) is 53.6 Å². The third-order valence-corrected chi connectivity index (χ3v) is 3.56. The highest BCUT2D eigenvalue weighted by Crippen LogP contribution is 2.15. The maximum absolute atomic E-state index is 13.1. The van der Waals surface area contributed by atoms with Gasteiger partial charge in [0.25, 0.3) is 0 Å². The van der Waals surface area contributed by atoms with Gasteiger partial charge in [0, 0.05) is 42.8 Å². The number of aromatic nitrogens is 5. The standard InChI is InChI=1S/C9H11N3.C8H8FN3.2C2H6/c1-6-4-8-5-12(3)11-9(8)7(2)10-6;1-5-3-12-4-6(10)2-7(9)8(12)11-5;2*1-2/h4-5H,1-3H3;2-4H,10H2,1H3;2*1-2H3. The number of pyridine rings is 2. The molecular weight excluding hydrogens is 355 g/mol. The van der Waals surface area contributed by atoms with E-state index in [4.69, 9.17) is 5.73 Å². The Labute approximate surface area is 166 Å². The van der Waals surface area contributed by atoms with Gasteiger partial charge in [-0.25, -0.2) is 9.37 Å². The summed E-state index contributed by atoms with van der Waals surface area (Å²) in [7, 11) is 1.93. The number of nitrogen functional groups attached to an aromatic ring is 1. The predicted molar refractivity (Wildman–Crippen MR) is 115 cm³/mol. The maximum atomic E-state index is 13.1. The zero-order valence-electron chi connectivity index (χ0n) is 18.1. The van der Waals surface area contributed by atoms with Crippen LogP contribution < -0.4 is 5.73 Å². The molecule has 152 valence electrons. The molecule has 0 saturated heterocycles. The minimum Gasteiger partial charge on any atom is -0.397 e. The van der Waals surface area contributed by atoms with Crippen LogP contribution in [0.2, 0.25) is 0 Å². The fraction of sp³-hybridized carbons (Fsp3) is 0.381. The molecule has 0 atom stereocenters. The number of nitrogens with two attached hydrogens (primary N) is 1. The molecular formula is C21H31FN6. The number of fused-ring (bicyclic) bond motifs is 2. The number of halogens is 1. The summed E-state index contributed by atoms with van der Waals surface area (Å²) < 4.78 is 16.5. The van der Waals surface area contributed by atoms with Crippen LogP contribution in [0.5, 0.6) is 0 Å². The Bertz CT molecular complexity index is 948. The zero-order valence-corrected chi connectivity index (χ0v) is 18.1. The summed E-state index contributed by atoms with van der Waals surface area (Å²) in [6, 6.07) is 3.32. The first kappa shape index (κ1) is 23.1. The molecule has 0 aliphatic carbocycles. The number of rotatable bonds is 0. The summed E-state index contributed by atoms with van der Waals surface area (Å²) in [5.41, 5.74) is 10.0. The maximum Gasteiger partial charge on any atom is 0.173 e. The highest BCUT2D eigenvalue weighted by atomic mass is 19.1. The summed E-state index contributed by atoms with van der Waals surface area (Å²) >= 11 is 0. The summed E-state index contributed by atoms with van der Waals surface area (Å²) in [4.78, 5) is 8.33. The Morgan fingerprint density at radius 3 is 2.18 bits per heavy atom. The first-order valence-corrected chi connectivity index (χ1v) is 9.51. The van der Waals surface area contributed by atoms with E-state index in [0.29, 0.717) is 11.3 Å². The first-order valence-electron chi connectivity index (χ1n) is 9.51. The molecule has 4 rings (SSSR count). The highest BCUT2D eigenvalue weighted by molar-refractivity contribution is 5.80. The Hall–Kier alpha value is -2.96. The third-order valence-electron chi connectivity index (χ3n) is 3.56. The lowest BCUT2D eigenvalue weighted by molar-refractivity contribution is 0.630. The second-order valence-corrected chi connectivity index (χ2v) is 5.82. The van der Waals surface area contributed by atoms with Gasteiger partial charge in [-0.15, -0.1) is 0 Å². The van der Waals surface area contributed by atoms with E-state index in [0.717, 1.165) is 22.6 Å². The van der Waals surface area contributed by atoms with Gasteiger partial charge in [-0.1, -0.05) is 27.7 Å². The number of hydrogen-bond acceptors (Lipinski definition) is 4. The molecule has 2 N–H and O–H groups in total. The second-order valence-electron chi connectivity index (χ2n) is 5.82. The van der Waals surface area contributed by atoms with Gasteiger partial charge in [0.05, 0.1) is 17.1 Å². The van der Waals surface area contributed by atoms with Crippen molar-refractivity contribution in [1.29, 1.82) is 0 Å². The molecule has 0 unspecified atom stereocenters. The van der Waals surface area contributed by atoms with Crippen LogP contribution in [0.1, 0.15) is 44.8 Å². The molecule has 0 amide bonds. The van der Waals surface area contributed by atoms with E-state index in [1.54, 1.807) is 16.8 Å². The summed E-state index contributed by atoms with van der Waals surface area (Å²) in [5.74, 6) is -0.386. The van der Waals surface area contributed by atoms with Crippen molar-refractivity contribution >= 4 is 22.2 Å². The van der Waals surface area contributed by atoms with Crippen molar-refractivity contribution in [3.63, 3.8) is 0 Å². The normalized spacial score (nSPS) is 9.75. The van der Waals surface area contributed by atoms with Crippen LogP contribution in [0.25, 0.3) is 16.6 Å². The molecule has 4 aromatic heterocycles. The average Bonchev–Trinajstić information content (AvgIpc) is 3.21. The molecule has 28 heavy (non-hydrogen) atoms. The number of hydrogen-bond donors (Lipinski definition) is 1. The van der Waals surface area contributed by atoms with E-state index in [2.05, 4.69) is 21.1 Å². The lowest BCUT2D eigenvalue weighted by Crippen LogP contribution is -1.92. The molecule has 0 fully saturated rings. The Morgan fingerprint density at radius 1 is 0.893 bits per heavy atom. The topological polar surface area (TPSA) is 74.0 Å². The minimum absolute atomic E-state index is 0.321. The number of aryl methyl sites for hydroxylation is 4. The molecule has 0 aromatic carbocycles. The lowest BCUT2D eigenvalue weighted by atomic mass is 10.2. The van der Waals surface area contributed by atoms with E-state index < -0.39 is 0 Å². The van der Waals surface area contributed by atoms with Gasteiger partial charge in [-0.05, 0) is 26.8 Å². The predicted octanol–water partition coefficient (Wildman–Crippen LogP) is 5.00. The van der Waals surface area contributed by atoms with Crippen molar-refractivity contribution < 1.29 is 4.39 Å². The fourth-order valence-corrected chi connectivity index (χ4v) is 2.67. The fourth-order valence-electron chi connectivity index (χ4n) is 2.67. The molecule has 4 aromatic rings. The van der Waals surface area contributed by atoms with Gasteiger partial charge in [-0.2, -0.15) is 5.10 Å². The quantitative estimate of drug-likeness (QED) is 0.461. The van der Waals surface area contributed by atoms with Gasteiger partial charge in [0.15, 0.2) is 11.5 Å². The van der Waals surface area contributed by atoms with Crippen LogP contribution >= 0.6 is 0 Å². The molecule has 0 aliphatic heterocycles. The Morgan fingerprint density at radius 2 is 1.54 bits per heavy atom. The SMILES string of the molecule is CC.CC.Cc1cc2cn(C)nc2c(C)n1.Cc1cn2cc(N)cc(F)c2n1. The molecule has 0 radical (unpaired) electrons. The van der Waals surface area contributed by atoms with Crippen LogP contribution in [0.15, 0.2) is 30.7 Å². The van der Waals surface area contributed by atoms with Crippen molar-refractivity contribution in [3.8, 4) is 0 Å². The van der Waals surface area contributed by atoms with Crippen molar-refractivity contribution in [2.24, 2.45) is 7.05 Å². The average molecular weight is 387 g/mol. The summed E-state index contributed by atoms with van der Waals surface area (Å²) in [6.07, 6.45) is 5.38. The van der Waals surface area contributed by atoms with Crippen molar-refractivity contribution in [2.45, 2.75) is 48.5 Å². The Kier molecular flexibility index (Phi) is 8.57. The number of imidazole rings is 1. The Balaban J connectivity index is 0.000000238. The summed E-state index contributed by atoms with van der Waals surface area (Å²) in [6.45, 7) is 13.8. The van der Waals surface area contributed by atoms with Crippen molar-refractivity contribution in [2.75, 3.05) is 5.73 Å². The van der Waals surface area contributed by atoms with E-state index in [-0.39, 0.29) is 5.82 Å². The smallest absolute Gasteiger partial charge is 0.173 e. The van der Waals surface area contributed by atoms with E-state index in [1.807, 2.05) is 66.4 Å². The minimum atomic E-state index is -0.386. The number of anilines is 1. The third kappa shape index (κ3) is 5.52. The monoisotopic (exact) mass is 386 g/mol.